The number of hydrogen-bond donors (Lipinski definition) is 4. The number of carbonyl (C=O) groups excluding carboxylic acids is 1. The summed E-state index contributed by atoms with van der Waals surface area (Å²) in [4.78, 5) is 9.59. The van der Waals surface area contributed by atoms with Crippen molar-refractivity contribution < 1.29 is 20.1 Å². The van der Waals surface area contributed by atoms with E-state index in [2.05, 4.69) is 12.6 Å². The third-order valence-electron chi connectivity index (χ3n) is 0.547. The first-order valence-electron chi connectivity index (χ1n) is 1.78. The second-order valence-corrected chi connectivity index (χ2v) is 1.58. The quantitative estimate of drug-likeness (QED) is 0.265. The number of thiol groups is 1. The van der Waals surface area contributed by atoms with Crippen LogP contribution < -0.4 is 11.3 Å². The van der Waals surface area contributed by atoms with E-state index in [1.807, 2.05) is 0 Å². The molecule has 0 saturated heterocycles. The standard InChI is InChI=1S/C3H6O4S.H3N/c4-2(5)3(6,7)1-8;/h6-8H,1H2,(H,4,5);1H3. The van der Waals surface area contributed by atoms with Gasteiger partial charge in [0.05, 0.1) is 5.75 Å². The van der Waals surface area contributed by atoms with Crippen molar-refractivity contribution in [2.75, 3.05) is 5.75 Å². The van der Waals surface area contributed by atoms with Gasteiger partial charge in [-0.25, -0.2) is 0 Å². The fourth-order valence-electron chi connectivity index (χ4n) is 0.0645. The van der Waals surface area contributed by atoms with Crippen molar-refractivity contribution in [2.24, 2.45) is 0 Å². The molecule has 0 spiro atoms. The van der Waals surface area contributed by atoms with Crippen LogP contribution in [0.3, 0.4) is 0 Å². The van der Waals surface area contributed by atoms with Gasteiger partial charge >= 0.3 is 0 Å². The topological polar surface area (TPSA) is 117 Å². The molecular weight excluding hydrogens is 146 g/mol. The molecule has 0 rings (SSSR count). The van der Waals surface area contributed by atoms with E-state index in [0.29, 0.717) is 0 Å². The third kappa shape index (κ3) is 3.31. The molecule has 5 nitrogen and oxygen atoms in total. The molecule has 6 N–H and O–H groups in total. The molecule has 0 aliphatic rings. The van der Waals surface area contributed by atoms with Gasteiger partial charge in [-0.3, -0.25) is 0 Å². The molecule has 0 aromatic heterocycles. The predicted octanol–water partition coefficient (Wildman–Crippen LogP) is -2.28. The van der Waals surface area contributed by atoms with Gasteiger partial charge in [-0.2, -0.15) is 12.6 Å². The zero-order chi connectivity index (χ0) is 6.78. The number of quaternary nitrogens is 1. The molecule has 9 heavy (non-hydrogen) atoms. The smallest absolute Gasteiger partial charge is 0.213 e. The average molecular weight is 155 g/mol. The summed E-state index contributed by atoms with van der Waals surface area (Å²) in [5, 5.41) is 26.0. The van der Waals surface area contributed by atoms with Crippen LogP contribution in [0.5, 0.6) is 0 Å². The van der Waals surface area contributed by atoms with Crippen LogP contribution in [-0.2, 0) is 4.79 Å². The predicted molar refractivity (Wildman–Crippen MR) is 32.0 cm³/mol. The molecule has 6 heteroatoms. The first-order chi connectivity index (χ1) is 3.50. The SMILES string of the molecule is O=C([O-])C(O)(O)CS.[NH4+]. The van der Waals surface area contributed by atoms with Gasteiger partial charge in [0.2, 0.25) is 5.79 Å². The zero-order valence-corrected chi connectivity index (χ0v) is 5.76. The van der Waals surface area contributed by atoms with Crippen molar-refractivity contribution in [3.05, 3.63) is 0 Å². The first-order valence-corrected chi connectivity index (χ1v) is 2.41. The van der Waals surface area contributed by atoms with E-state index in [1.54, 1.807) is 0 Å². The van der Waals surface area contributed by atoms with E-state index < -0.39 is 17.5 Å². The minimum absolute atomic E-state index is 0. The maximum absolute atomic E-state index is 9.59. The minimum Gasteiger partial charge on any atom is -0.544 e. The van der Waals surface area contributed by atoms with Gasteiger partial charge in [-0.15, -0.1) is 0 Å². The van der Waals surface area contributed by atoms with Crippen LogP contribution in [0.2, 0.25) is 0 Å². The lowest BCUT2D eigenvalue weighted by atomic mass is 10.3. The maximum Gasteiger partial charge on any atom is 0.213 e. The normalized spacial score (nSPS) is 10.1. The summed E-state index contributed by atoms with van der Waals surface area (Å²) in [6.07, 6.45) is 0. The van der Waals surface area contributed by atoms with E-state index in [4.69, 9.17) is 10.2 Å². The van der Waals surface area contributed by atoms with E-state index in [-0.39, 0.29) is 6.15 Å². The molecule has 0 aromatic rings. The molecular formula is C3H9NO4S. The molecule has 0 aliphatic heterocycles. The molecule has 0 aromatic carbocycles. The number of rotatable bonds is 2. The molecule has 0 fully saturated rings. The summed E-state index contributed by atoms with van der Waals surface area (Å²) in [6.45, 7) is 0. The number of hydrogen-bond acceptors (Lipinski definition) is 5. The molecule has 0 amide bonds. The fraction of sp³-hybridized carbons (Fsp3) is 0.667. The lowest BCUT2D eigenvalue weighted by Gasteiger charge is -2.18. The number of carbonyl (C=O) groups is 1. The Bertz CT molecular complexity index is 104. The van der Waals surface area contributed by atoms with Gasteiger partial charge in [-0.05, 0) is 0 Å². The van der Waals surface area contributed by atoms with Crippen molar-refractivity contribution in [3.8, 4) is 0 Å². The van der Waals surface area contributed by atoms with Crippen LogP contribution in [0, 0.1) is 0 Å². The Balaban J connectivity index is 0. The summed E-state index contributed by atoms with van der Waals surface area (Å²) in [5.74, 6) is -5.30. The van der Waals surface area contributed by atoms with Gasteiger partial charge in [0.25, 0.3) is 0 Å². The number of aliphatic hydroxyl groups is 2. The molecule has 0 radical (unpaired) electrons. The average Bonchev–Trinajstić information content (AvgIpc) is 1.67. The summed E-state index contributed by atoms with van der Waals surface area (Å²) in [5.41, 5.74) is 0. The van der Waals surface area contributed by atoms with Crippen LogP contribution in [0.1, 0.15) is 0 Å². The number of aliphatic carboxylic acids is 1. The van der Waals surface area contributed by atoms with E-state index in [1.165, 1.54) is 0 Å². The van der Waals surface area contributed by atoms with Crippen LogP contribution in [0.4, 0.5) is 0 Å². The highest BCUT2D eigenvalue weighted by atomic mass is 32.1. The van der Waals surface area contributed by atoms with Crippen molar-refractivity contribution in [3.63, 3.8) is 0 Å². The minimum atomic E-state index is -2.79. The van der Waals surface area contributed by atoms with E-state index in [9.17, 15) is 9.90 Å². The monoisotopic (exact) mass is 155 g/mol. The Morgan fingerprint density at radius 2 is 2.00 bits per heavy atom. The van der Waals surface area contributed by atoms with Gasteiger partial charge in [0.1, 0.15) is 5.97 Å². The molecule has 0 heterocycles. The summed E-state index contributed by atoms with van der Waals surface area (Å²) >= 11 is 3.32. The second-order valence-electron chi connectivity index (χ2n) is 1.26. The summed E-state index contributed by atoms with van der Waals surface area (Å²) in [7, 11) is 0. The van der Waals surface area contributed by atoms with Crippen molar-refractivity contribution in [1.29, 1.82) is 0 Å². The molecule has 0 saturated carbocycles. The van der Waals surface area contributed by atoms with Gasteiger partial charge in [0.15, 0.2) is 0 Å². The van der Waals surface area contributed by atoms with Gasteiger partial charge in [-0.1, -0.05) is 0 Å². The molecule has 0 atom stereocenters. The molecule has 0 bridgehead atoms. The number of carboxylic acids is 1. The lowest BCUT2D eigenvalue weighted by Crippen LogP contribution is -2.49. The van der Waals surface area contributed by atoms with Crippen molar-refractivity contribution >= 4 is 18.6 Å². The highest BCUT2D eigenvalue weighted by molar-refractivity contribution is 7.80. The summed E-state index contributed by atoms with van der Waals surface area (Å²) < 4.78 is 0. The van der Waals surface area contributed by atoms with Crippen LogP contribution >= 0.6 is 12.6 Å². The molecule has 56 valence electrons. The second kappa shape index (κ2) is 3.67. The van der Waals surface area contributed by atoms with Crippen LogP contribution in [-0.4, -0.2) is 27.7 Å². The Morgan fingerprint density at radius 3 is 2.00 bits per heavy atom. The maximum atomic E-state index is 9.59. The van der Waals surface area contributed by atoms with Gasteiger partial charge < -0.3 is 26.3 Å². The molecule has 0 aliphatic carbocycles. The zero-order valence-electron chi connectivity index (χ0n) is 4.87. The van der Waals surface area contributed by atoms with Crippen molar-refractivity contribution in [1.82, 2.24) is 6.15 Å². The van der Waals surface area contributed by atoms with Crippen LogP contribution in [0.25, 0.3) is 0 Å². The van der Waals surface area contributed by atoms with E-state index >= 15 is 0 Å². The Morgan fingerprint density at radius 1 is 1.67 bits per heavy atom. The van der Waals surface area contributed by atoms with Crippen LogP contribution in [0.15, 0.2) is 0 Å². The van der Waals surface area contributed by atoms with Gasteiger partial charge in [0, 0.05) is 0 Å². The Hall–Kier alpha value is -0.300. The third-order valence-corrected chi connectivity index (χ3v) is 0.988. The van der Waals surface area contributed by atoms with E-state index in [0.717, 1.165) is 0 Å². The summed E-state index contributed by atoms with van der Waals surface area (Å²) in [6, 6.07) is 0. The Kier molecular flexibility index (Phi) is 4.69. The highest BCUT2D eigenvalue weighted by Gasteiger charge is 2.21. The Labute approximate surface area is 57.3 Å². The largest absolute Gasteiger partial charge is 0.544 e. The lowest BCUT2D eigenvalue weighted by molar-refractivity contribution is -0.343. The number of carboxylic acid groups (broad SMARTS) is 1. The highest BCUT2D eigenvalue weighted by Crippen LogP contribution is 1.97. The first kappa shape index (κ1) is 11.5. The molecule has 0 unspecified atom stereocenters. The van der Waals surface area contributed by atoms with Crippen molar-refractivity contribution in [2.45, 2.75) is 5.79 Å². The fourth-order valence-corrected chi connectivity index (χ4v) is 0.194.